The molecule has 6 nitrogen and oxygen atoms in total. The number of hydrogen-bond acceptors (Lipinski definition) is 5. The molecule has 1 rings (SSSR count). The summed E-state index contributed by atoms with van der Waals surface area (Å²) in [6, 6.07) is 4.62. The lowest BCUT2D eigenvalue weighted by molar-refractivity contribution is -0.168. The molecule has 1 amide bonds. The second-order valence-electron chi connectivity index (χ2n) is 4.94. The Kier molecular flexibility index (Phi) is 7.51. The van der Waals surface area contributed by atoms with Crippen molar-refractivity contribution in [2.24, 2.45) is 0 Å². The molecule has 0 heterocycles. The second-order valence-corrected chi connectivity index (χ2v) is 5.78. The van der Waals surface area contributed by atoms with Gasteiger partial charge in [-0.2, -0.15) is 0 Å². The molecule has 0 atom stereocenters. The Morgan fingerprint density at radius 1 is 1.08 bits per heavy atom. The Morgan fingerprint density at radius 3 is 2.04 bits per heavy atom. The summed E-state index contributed by atoms with van der Waals surface area (Å²) in [4.78, 5) is 36.6. The maximum absolute atomic E-state index is 12.5. The predicted molar refractivity (Wildman–Crippen MR) is 90.0 cm³/mol. The summed E-state index contributed by atoms with van der Waals surface area (Å²) in [5, 5.41) is 3.03. The second kappa shape index (κ2) is 8.89. The molecule has 0 spiro atoms. The van der Waals surface area contributed by atoms with E-state index < -0.39 is 23.4 Å². The van der Waals surface area contributed by atoms with Gasteiger partial charge in [-0.1, -0.05) is 29.3 Å². The van der Waals surface area contributed by atoms with Crippen molar-refractivity contribution in [1.29, 1.82) is 0 Å². The maximum Gasteiger partial charge on any atom is 0.344 e. The van der Waals surface area contributed by atoms with Gasteiger partial charge >= 0.3 is 11.9 Å². The molecule has 8 heteroatoms. The highest BCUT2D eigenvalue weighted by atomic mass is 35.5. The largest absolute Gasteiger partial charge is 0.464 e. The lowest BCUT2D eigenvalue weighted by Gasteiger charge is -2.30. The quantitative estimate of drug-likeness (QED) is 0.584. The Labute approximate surface area is 150 Å². The van der Waals surface area contributed by atoms with Crippen molar-refractivity contribution in [3.05, 3.63) is 33.8 Å². The fourth-order valence-corrected chi connectivity index (χ4v) is 2.61. The standard InChI is InChI=1S/C16H19Cl2NO5/c1-4-23-14(21)16(19-10(3)20,15(22)24-5-2)9-11-6-7-12(17)8-13(11)18/h6-8H,4-5,9H2,1-3H3,(H,19,20). The Hall–Kier alpha value is -1.79. The molecule has 24 heavy (non-hydrogen) atoms. The molecule has 1 aromatic carbocycles. The van der Waals surface area contributed by atoms with Crippen molar-refractivity contribution in [2.45, 2.75) is 32.7 Å². The van der Waals surface area contributed by atoms with E-state index in [-0.39, 0.29) is 24.7 Å². The highest BCUT2D eigenvalue weighted by Gasteiger charge is 2.50. The Balaban J connectivity index is 3.38. The van der Waals surface area contributed by atoms with Crippen LogP contribution in [0.5, 0.6) is 0 Å². The first-order chi connectivity index (χ1) is 11.3. The summed E-state index contributed by atoms with van der Waals surface area (Å²) < 4.78 is 9.98. The number of nitrogens with one attached hydrogen (secondary N) is 1. The fourth-order valence-electron chi connectivity index (χ4n) is 2.13. The average molecular weight is 376 g/mol. The summed E-state index contributed by atoms with van der Waals surface area (Å²) in [7, 11) is 0. The smallest absolute Gasteiger partial charge is 0.344 e. The number of ether oxygens (including phenoxy) is 2. The molecule has 1 N–H and O–H groups in total. The van der Waals surface area contributed by atoms with Crippen molar-refractivity contribution in [3.63, 3.8) is 0 Å². The third kappa shape index (κ3) is 4.85. The molecule has 0 saturated heterocycles. The minimum Gasteiger partial charge on any atom is -0.464 e. The zero-order valence-corrected chi connectivity index (χ0v) is 15.2. The van der Waals surface area contributed by atoms with Gasteiger partial charge in [-0.25, -0.2) is 9.59 Å². The number of halogens is 2. The Bertz CT molecular complexity index is 615. The summed E-state index contributed by atoms with van der Waals surface area (Å²) >= 11 is 12.0. The van der Waals surface area contributed by atoms with Crippen LogP contribution in [0.15, 0.2) is 18.2 Å². The van der Waals surface area contributed by atoms with Crippen molar-refractivity contribution in [3.8, 4) is 0 Å². The van der Waals surface area contributed by atoms with Crippen LogP contribution in [0.4, 0.5) is 0 Å². The van der Waals surface area contributed by atoms with E-state index in [1.54, 1.807) is 26.0 Å². The molecule has 0 aliphatic rings. The molecule has 0 bridgehead atoms. The summed E-state index contributed by atoms with van der Waals surface area (Å²) in [5.74, 6) is -2.41. The molecule has 0 aliphatic heterocycles. The molecule has 0 saturated carbocycles. The molecule has 132 valence electrons. The van der Waals surface area contributed by atoms with Gasteiger partial charge in [0.25, 0.3) is 0 Å². The van der Waals surface area contributed by atoms with Gasteiger partial charge in [-0.15, -0.1) is 0 Å². The first-order valence-corrected chi connectivity index (χ1v) is 8.09. The van der Waals surface area contributed by atoms with Gasteiger partial charge in [-0.05, 0) is 31.5 Å². The van der Waals surface area contributed by atoms with E-state index in [4.69, 9.17) is 32.7 Å². The van der Waals surface area contributed by atoms with E-state index >= 15 is 0 Å². The molecule has 0 fully saturated rings. The van der Waals surface area contributed by atoms with E-state index in [2.05, 4.69) is 5.32 Å². The normalized spacial score (nSPS) is 10.9. The first-order valence-electron chi connectivity index (χ1n) is 7.34. The number of carbonyl (C=O) groups is 3. The van der Waals surface area contributed by atoms with Crippen LogP contribution < -0.4 is 5.32 Å². The molecule has 0 aliphatic carbocycles. The maximum atomic E-state index is 12.5. The van der Waals surface area contributed by atoms with Crippen molar-refractivity contribution < 1.29 is 23.9 Å². The van der Waals surface area contributed by atoms with Crippen LogP contribution >= 0.6 is 23.2 Å². The minimum absolute atomic E-state index is 0.0356. The van der Waals surface area contributed by atoms with E-state index in [0.29, 0.717) is 10.6 Å². The highest BCUT2D eigenvalue weighted by molar-refractivity contribution is 6.35. The van der Waals surface area contributed by atoms with Gasteiger partial charge in [0.15, 0.2) is 0 Å². The van der Waals surface area contributed by atoms with Crippen molar-refractivity contribution in [1.82, 2.24) is 5.32 Å². The van der Waals surface area contributed by atoms with Crippen LogP contribution in [0.25, 0.3) is 0 Å². The van der Waals surface area contributed by atoms with Gasteiger partial charge < -0.3 is 14.8 Å². The van der Waals surface area contributed by atoms with Gasteiger partial charge in [0.1, 0.15) is 0 Å². The Morgan fingerprint density at radius 2 is 1.62 bits per heavy atom. The summed E-state index contributed by atoms with van der Waals surface area (Å²) in [6.07, 6.45) is -0.222. The van der Waals surface area contributed by atoms with Gasteiger partial charge in [-0.3, -0.25) is 4.79 Å². The molecule has 1 aromatic rings. The highest BCUT2D eigenvalue weighted by Crippen LogP contribution is 2.26. The van der Waals surface area contributed by atoms with Crippen LogP contribution in [0.3, 0.4) is 0 Å². The lowest BCUT2D eigenvalue weighted by Crippen LogP contribution is -2.62. The first kappa shape index (κ1) is 20.3. The van der Waals surface area contributed by atoms with Gasteiger partial charge in [0.2, 0.25) is 11.4 Å². The fraction of sp³-hybridized carbons (Fsp3) is 0.438. The SMILES string of the molecule is CCOC(=O)C(Cc1ccc(Cl)cc1Cl)(NC(C)=O)C(=O)OCC. The number of amides is 1. The number of rotatable bonds is 7. The molecule has 0 radical (unpaired) electrons. The van der Waals surface area contributed by atoms with Crippen LogP contribution in [0, 0.1) is 0 Å². The number of carbonyl (C=O) groups excluding carboxylic acids is 3. The van der Waals surface area contributed by atoms with E-state index in [1.807, 2.05) is 0 Å². The number of hydrogen-bond donors (Lipinski definition) is 1. The summed E-state index contributed by atoms with van der Waals surface area (Å²) in [5.41, 5.74) is -1.58. The van der Waals surface area contributed by atoms with Crippen LogP contribution in [-0.2, 0) is 30.3 Å². The number of benzene rings is 1. The molecular weight excluding hydrogens is 357 g/mol. The van der Waals surface area contributed by atoms with Crippen molar-refractivity contribution >= 4 is 41.0 Å². The third-order valence-corrected chi connectivity index (χ3v) is 3.69. The van der Waals surface area contributed by atoms with Crippen LogP contribution in [0.2, 0.25) is 10.0 Å². The van der Waals surface area contributed by atoms with Crippen molar-refractivity contribution in [2.75, 3.05) is 13.2 Å². The van der Waals surface area contributed by atoms with E-state index in [0.717, 1.165) is 0 Å². The lowest BCUT2D eigenvalue weighted by atomic mass is 9.90. The predicted octanol–water partition coefficient (Wildman–Crippen LogP) is 2.54. The average Bonchev–Trinajstić information content (AvgIpc) is 2.49. The summed E-state index contributed by atoms with van der Waals surface area (Å²) in [6.45, 7) is 4.45. The molecule has 0 unspecified atom stereocenters. The minimum atomic E-state index is -2.02. The van der Waals surface area contributed by atoms with Crippen LogP contribution in [-0.4, -0.2) is 36.6 Å². The molecular formula is C16H19Cl2NO5. The van der Waals surface area contributed by atoms with Gasteiger partial charge in [0.05, 0.1) is 13.2 Å². The van der Waals surface area contributed by atoms with Gasteiger partial charge in [0, 0.05) is 23.4 Å². The number of esters is 2. The zero-order chi connectivity index (χ0) is 18.3. The van der Waals surface area contributed by atoms with Crippen LogP contribution in [0.1, 0.15) is 26.3 Å². The monoisotopic (exact) mass is 375 g/mol. The topological polar surface area (TPSA) is 81.7 Å². The zero-order valence-electron chi connectivity index (χ0n) is 13.7. The molecule has 0 aromatic heterocycles. The van der Waals surface area contributed by atoms with E-state index in [9.17, 15) is 14.4 Å². The third-order valence-electron chi connectivity index (χ3n) is 3.11. The van der Waals surface area contributed by atoms with E-state index in [1.165, 1.54) is 13.0 Å².